The molecule has 0 heterocycles. The van der Waals surface area contributed by atoms with E-state index in [1.807, 2.05) is 31.2 Å². The quantitative estimate of drug-likeness (QED) is 0.366. The van der Waals surface area contributed by atoms with Crippen LogP contribution in [0.3, 0.4) is 0 Å². The number of guanidine groups is 1. The number of para-hydroxylation sites is 1. The molecule has 1 rings (SSSR count). The Bertz CT molecular complexity index is 529. The van der Waals surface area contributed by atoms with Crippen LogP contribution < -0.4 is 20.7 Å². The van der Waals surface area contributed by atoms with Crippen LogP contribution in [0.1, 0.15) is 18.9 Å². The third-order valence-corrected chi connectivity index (χ3v) is 2.99. The summed E-state index contributed by atoms with van der Waals surface area (Å²) < 4.78 is 5.61. The number of amides is 1. The van der Waals surface area contributed by atoms with Crippen LogP contribution in [0.25, 0.3) is 0 Å². The number of carbonyl (C=O) groups is 1. The molecule has 6 nitrogen and oxygen atoms in total. The van der Waals surface area contributed by atoms with Crippen molar-refractivity contribution in [1.82, 2.24) is 16.0 Å². The van der Waals surface area contributed by atoms with Crippen molar-refractivity contribution in [3.8, 4) is 5.75 Å². The molecule has 0 saturated carbocycles. The average Bonchev–Trinajstić information content (AvgIpc) is 2.59. The molecule has 0 saturated heterocycles. The Kier molecular flexibility index (Phi) is 8.97. The van der Waals surface area contributed by atoms with E-state index in [2.05, 4.69) is 27.5 Å². The summed E-state index contributed by atoms with van der Waals surface area (Å²) in [4.78, 5) is 15.7. The van der Waals surface area contributed by atoms with Crippen molar-refractivity contribution in [1.29, 1.82) is 0 Å². The molecule has 0 aliphatic rings. The summed E-state index contributed by atoms with van der Waals surface area (Å²) in [6, 6.07) is 7.76. The van der Waals surface area contributed by atoms with Crippen LogP contribution in [0.5, 0.6) is 5.75 Å². The van der Waals surface area contributed by atoms with Crippen LogP contribution in [-0.4, -0.2) is 38.6 Å². The van der Waals surface area contributed by atoms with Gasteiger partial charge in [0.15, 0.2) is 5.96 Å². The van der Waals surface area contributed by atoms with Gasteiger partial charge in [-0.25, -0.2) is 0 Å². The summed E-state index contributed by atoms with van der Waals surface area (Å²) in [5.41, 5.74) is 1.01. The molecular weight excluding hydrogens is 292 g/mol. The lowest BCUT2D eigenvalue weighted by Gasteiger charge is -2.14. The van der Waals surface area contributed by atoms with E-state index in [9.17, 15) is 4.79 Å². The van der Waals surface area contributed by atoms with Crippen molar-refractivity contribution < 1.29 is 9.53 Å². The summed E-state index contributed by atoms with van der Waals surface area (Å²) in [5.74, 6) is 1.32. The van der Waals surface area contributed by atoms with E-state index in [0.717, 1.165) is 17.7 Å². The molecular formula is C17H26N4O2. The normalized spacial score (nSPS) is 10.8. The predicted octanol–water partition coefficient (Wildman–Crippen LogP) is 1.44. The minimum Gasteiger partial charge on any atom is -0.489 e. The Balaban J connectivity index is 2.48. The zero-order valence-electron chi connectivity index (χ0n) is 13.9. The Labute approximate surface area is 138 Å². The fourth-order valence-electron chi connectivity index (χ4n) is 1.83. The van der Waals surface area contributed by atoms with E-state index in [1.165, 1.54) is 0 Å². The van der Waals surface area contributed by atoms with Crippen molar-refractivity contribution >= 4 is 11.9 Å². The number of hydrogen-bond acceptors (Lipinski definition) is 3. The van der Waals surface area contributed by atoms with Gasteiger partial charge in [0.1, 0.15) is 12.4 Å². The third kappa shape index (κ3) is 7.35. The highest BCUT2D eigenvalue weighted by molar-refractivity contribution is 5.86. The van der Waals surface area contributed by atoms with Gasteiger partial charge in [-0.1, -0.05) is 37.8 Å². The highest BCUT2D eigenvalue weighted by atomic mass is 16.5. The van der Waals surface area contributed by atoms with Crippen LogP contribution >= 0.6 is 0 Å². The van der Waals surface area contributed by atoms with Crippen molar-refractivity contribution in [2.45, 2.75) is 19.9 Å². The van der Waals surface area contributed by atoms with Gasteiger partial charge in [-0.2, -0.15) is 0 Å². The van der Waals surface area contributed by atoms with Gasteiger partial charge in [-0.05, 0) is 12.5 Å². The fraction of sp³-hybridized carbons (Fsp3) is 0.412. The summed E-state index contributed by atoms with van der Waals surface area (Å²) in [6.07, 6.45) is 2.62. The van der Waals surface area contributed by atoms with E-state index in [4.69, 9.17) is 4.74 Å². The standard InChI is InChI=1S/C17H26N4O2/c1-4-10-19-16(22)13-21-17(18-3)20-12-14-8-6-7-9-15(14)23-11-5-2/h5-9H,2,4,10-13H2,1,3H3,(H,19,22)(H2,18,20,21). The molecule has 0 aliphatic carbocycles. The molecule has 0 aromatic heterocycles. The first-order valence-corrected chi connectivity index (χ1v) is 7.74. The van der Waals surface area contributed by atoms with Crippen LogP contribution in [0, 0.1) is 0 Å². The smallest absolute Gasteiger partial charge is 0.239 e. The predicted molar refractivity (Wildman–Crippen MR) is 93.6 cm³/mol. The van der Waals surface area contributed by atoms with Gasteiger partial charge in [0, 0.05) is 25.7 Å². The zero-order chi connectivity index (χ0) is 16.9. The third-order valence-electron chi connectivity index (χ3n) is 2.99. The number of nitrogens with zero attached hydrogens (tertiary/aromatic N) is 1. The van der Waals surface area contributed by atoms with Gasteiger partial charge >= 0.3 is 0 Å². The van der Waals surface area contributed by atoms with Gasteiger partial charge < -0.3 is 20.7 Å². The Morgan fingerprint density at radius 3 is 2.78 bits per heavy atom. The lowest BCUT2D eigenvalue weighted by Crippen LogP contribution is -2.43. The number of nitrogens with one attached hydrogen (secondary N) is 3. The molecule has 0 bridgehead atoms. The lowest BCUT2D eigenvalue weighted by atomic mass is 10.2. The fourth-order valence-corrected chi connectivity index (χ4v) is 1.83. The molecule has 0 unspecified atom stereocenters. The largest absolute Gasteiger partial charge is 0.489 e. The van der Waals surface area contributed by atoms with Gasteiger partial charge in [0.25, 0.3) is 0 Å². The molecule has 0 fully saturated rings. The Hall–Kier alpha value is -2.50. The van der Waals surface area contributed by atoms with Gasteiger partial charge in [-0.3, -0.25) is 9.79 Å². The monoisotopic (exact) mass is 318 g/mol. The molecule has 3 N–H and O–H groups in total. The summed E-state index contributed by atoms with van der Waals surface area (Å²) in [7, 11) is 1.67. The molecule has 23 heavy (non-hydrogen) atoms. The minimum atomic E-state index is -0.0514. The second-order valence-electron chi connectivity index (χ2n) is 4.84. The number of ether oxygens (including phenoxy) is 1. The number of hydrogen-bond donors (Lipinski definition) is 3. The maximum absolute atomic E-state index is 11.6. The molecule has 1 aromatic rings. The van der Waals surface area contributed by atoms with E-state index < -0.39 is 0 Å². The molecule has 1 aromatic carbocycles. The maximum atomic E-state index is 11.6. The average molecular weight is 318 g/mol. The summed E-state index contributed by atoms with van der Waals surface area (Å²) in [6.45, 7) is 7.54. The Morgan fingerprint density at radius 2 is 2.09 bits per heavy atom. The van der Waals surface area contributed by atoms with Crippen molar-refractivity contribution in [3.63, 3.8) is 0 Å². The minimum absolute atomic E-state index is 0.0514. The van der Waals surface area contributed by atoms with E-state index in [1.54, 1.807) is 13.1 Å². The molecule has 126 valence electrons. The maximum Gasteiger partial charge on any atom is 0.239 e. The van der Waals surface area contributed by atoms with Gasteiger partial charge in [0.2, 0.25) is 5.91 Å². The highest BCUT2D eigenvalue weighted by Gasteiger charge is 2.05. The lowest BCUT2D eigenvalue weighted by molar-refractivity contribution is -0.120. The molecule has 0 spiro atoms. The number of rotatable bonds is 9. The Morgan fingerprint density at radius 1 is 1.30 bits per heavy atom. The van der Waals surface area contributed by atoms with Crippen LogP contribution in [0.15, 0.2) is 41.9 Å². The molecule has 1 amide bonds. The van der Waals surface area contributed by atoms with E-state index in [0.29, 0.717) is 25.7 Å². The second kappa shape index (κ2) is 11.1. The van der Waals surface area contributed by atoms with Crippen molar-refractivity contribution in [3.05, 3.63) is 42.5 Å². The van der Waals surface area contributed by atoms with E-state index >= 15 is 0 Å². The number of carbonyl (C=O) groups excluding carboxylic acids is 1. The first kappa shape index (κ1) is 18.5. The molecule has 0 atom stereocenters. The van der Waals surface area contributed by atoms with Crippen molar-refractivity contribution in [2.75, 3.05) is 26.7 Å². The topological polar surface area (TPSA) is 74.8 Å². The van der Waals surface area contributed by atoms with Crippen LogP contribution in [0.4, 0.5) is 0 Å². The number of aliphatic imine (C=N–C) groups is 1. The second-order valence-corrected chi connectivity index (χ2v) is 4.84. The molecule has 6 heteroatoms. The summed E-state index contributed by atoms with van der Waals surface area (Å²) >= 11 is 0. The number of benzene rings is 1. The van der Waals surface area contributed by atoms with Crippen LogP contribution in [-0.2, 0) is 11.3 Å². The van der Waals surface area contributed by atoms with E-state index in [-0.39, 0.29) is 12.5 Å². The van der Waals surface area contributed by atoms with Crippen LogP contribution in [0.2, 0.25) is 0 Å². The van der Waals surface area contributed by atoms with Gasteiger partial charge in [0.05, 0.1) is 6.54 Å². The molecule has 0 radical (unpaired) electrons. The summed E-state index contributed by atoms with van der Waals surface area (Å²) in [5, 5.41) is 8.95. The van der Waals surface area contributed by atoms with Gasteiger partial charge in [-0.15, -0.1) is 0 Å². The first-order valence-electron chi connectivity index (χ1n) is 7.74. The molecule has 0 aliphatic heterocycles. The highest BCUT2D eigenvalue weighted by Crippen LogP contribution is 2.17. The zero-order valence-corrected chi connectivity index (χ0v) is 13.9. The SMILES string of the molecule is C=CCOc1ccccc1CNC(=NC)NCC(=O)NCCC. The first-order chi connectivity index (χ1) is 11.2. The van der Waals surface area contributed by atoms with Crippen molar-refractivity contribution in [2.24, 2.45) is 4.99 Å².